The van der Waals surface area contributed by atoms with Gasteiger partial charge < -0.3 is 48.1 Å². The summed E-state index contributed by atoms with van der Waals surface area (Å²) in [5.41, 5.74) is 0.416. The third kappa shape index (κ3) is 9.60. The standard InChI is InChI=1S/C40H62O11/c1-25(2)36-27(4)11-12-39(51-36)23-32-21-31(50-39)22-34(47-18-17-46-16-15-45-14-13-44-7)28(5)19-26(3)9-8-10-30-24-48-37-35(41)29(6)20-33(38(42)49-32)40(30,37)43/h8-10,19-20,25-27,31-37,41,43H,11-18,21-24H2,1-7H3/b9-8+,28-19-,30-10-. The summed E-state index contributed by atoms with van der Waals surface area (Å²) in [7, 11) is 1.65. The van der Waals surface area contributed by atoms with Gasteiger partial charge in [0.2, 0.25) is 0 Å². The fourth-order valence-corrected chi connectivity index (χ4v) is 8.39. The number of fused-ring (bicyclic) bond motifs is 2. The first kappa shape index (κ1) is 40.3. The third-order valence-corrected chi connectivity index (χ3v) is 11.1. The predicted molar refractivity (Wildman–Crippen MR) is 191 cm³/mol. The average molecular weight is 719 g/mol. The second-order valence-corrected chi connectivity index (χ2v) is 15.5. The number of methoxy groups -OCH3 is 1. The Bertz CT molecular complexity index is 1290. The highest BCUT2D eigenvalue weighted by Gasteiger charge is 2.60. The largest absolute Gasteiger partial charge is 0.462 e. The maximum Gasteiger partial charge on any atom is 0.316 e. The van der Waals surface area contributed by atoms with Crippen LogP contribution in [0.1, 0.15) is 73.6 Å². The number of hydrogen-bond donors (Lipinski definition) is 2. The lowest BCUT2D eigenvalue weighted by molar-refractivity contribution is -0.342. The van der Waals surface area contributed by atoms with Crippen LogP contribution in [0.25, 0.3) is 0 Å². The minimum atomic E-state index is -1.74. The van der Waals surface area contributed by atoms with Crippen LogP contribution >= 0.6 is 0 Å². The van der Waals surface area contributed by atoms with E-state index in [4.69, 9.17) is 37.9 Å². The monoisotopic (exact) mass is 718 g/mol. The van der Waals surface area contributed by atoms with Crippen molar-refractivity contribution in [2.24, 2.45) is 23.7 Å². The van der Waals surface area contributed by atoms with Crippen LogP contribution in [-0.4, -0.2) is 118 Å². The van der Waals surface area contributed by atoms with Gasteiger partial charge in [-0.15, -0.1) is 0 Å². The number of hydrogen-bond acceptors (Lipinski definition) is 11. The SMILES string of the molecule is COCCOCCOCCOC1CC2CC(CC3(CCC(C)C(C(C)C)O3)O2)OC(=O)C2C=C(C)C(O)C3OC/C(=C/C=C/C(C)/C=C\1C)C23O. The van der Waals surface area contributed by atoms with E-state index in [2.05, 4.69) is 40.7 Å². The summed E-state index contributed by atoms with van der Waals surface area (Å²) in [5.74, 6) is -1.82. The van der Waals surface area contributed by atoms with Gasteiger partial charge in [0.05, 0.1) is 64.6 Å². The van der Waals surface area contributed by atoms with Gasteiger partial charge in [-0.2, -0.15) is 0 Å². The summed E-state index contributed by atoms with van der Waals surface area (Å²) in [4.78, 5) is 14.2. The highest BCUT2D eigenvalue weighted by atomic mass is 16.7. The summed E-state index contributed by atoms with van der Waals surface area (Å²) in [6.07, 6.45) is 9.41. The smallest absolute Gasteiger partial charge is 0.316 e. The molecule has 2 N–H and O–H groups in total. The van der Waals surface area contributed by atoms with Crippen molar-refractivity contribution in [2.45, 2.75) is 122 Å². The molecule has 4 heterocycles. The fraction of sp³-hybridized carbons (Fsp3) is 0.775. The first-order valence-electron chi connectivity index (χ1n) is 19.0. The van der Waals surface area contributed by atoms with Crippen LogP contribution in [0.5, 0.6) is 0 Å². The highest BCUT2D eigenvalue weighted by Crippen LogP contribution is 2.48. The van der Waals surface area contributed by atoms with Crippen molar-refractivity contribution in [3.05, 3.63) is 47.1 Å². The predicted octanol–water partition coefficient (Wildman–Crippen LogP) is 4.85. The molecule has 11 unspecified atom stereocenters. The van der Waals surface area contributed by atoms with Crippen LogP contribution in [0.15, 0.2) is 47.1 Å². The molecule has 4 aliphatic heterocycles. The lowest BCUT2D eigenvalue weighted by Crippen LogP contribution is -2.58. The number of carbonyl (C=O) groups is 1. The van der Waals surface area contributed by atoms with Crippen LogP contribution in [0.4, 0.5) is 0 Å². The molecule has 288 valence electrons. The number of ether oxygens (including phenoxy) is 8. The molecule has 0 saturated carbocycles. The van der Waals surface area contributed by atoms with E-state index in [1.165, 1.54) is 0 Å². The molecule has 11 nitrogen and oxygen atoms in total. The van der Waals surface area contributed by atoms with Crippen LogP contribution in [0.2, 0.25) is 0 Å². The third-order valence-electron chi connectivity index (χ3n) is 11.1. The fourth-order valence-electron chi connectivity index (χ4n) is 8.39. The molecule has 5 aliphatic rings. The molecule has 0 aromatic heterocycles. The Hall–Kier alpha value is -1.93. The van der Waals surface area contributed by atoms with Gasteiger partial charge in [-0.05, 0) is 54.7 Å². The average Bonchev–Trinajstić information content (AvgIpc) is 3.42. The Kier molecular flexibility index (Phi) is 14.2. The Morgan fingerprint density at radius 1 is 0.961 bits per heavy atom. The molecule has 0 radical (unpaired) electrons. The zero-order valence-electron chi connectivity index (χ0n) is 31.7. The number of esters is 1. The van der Waals surface area contributed by atoms with E-state index in [1.807, 2.05) is 12.2 Å². The van der Waals surface area contributed by atoms with E-state index in [0.717, 1.165) is 12.0 Å². The Labute approximate surface area is 304 Å². The lowest BCUT2D eigenvalue weighted by atomic mass is 9.71. The Balaban J connectivity index is 1.43. The van der Waals surface area contributed by atoms with Crippen molar-refractivity contribution < 1.29 is 52.9 Å². The molecule has 0 aromatic rings. The van der Waals surface area contributed by atoms with Gasteiger partial charge in [0.25, 0.3) is 0 Å². The van der Waals surface area contributed by atoms with Crippen molar-refractivity contribution in [1.29, 1.82) is 0 Å². The van der Waals surface area contributed by atoms with Gasteiger partial charge >= 0.3 is 5.97 Å². The first-order valence-corrected chi connectivity index (χ1v) is 19.0. The van der Waals surface area contributed by atoms with Gasteiger partial charge in [0, 0.05) is 32.8 Å². The number of rotatable bonds is 11. The molecule has 0 aromatic carbocycles. The van der Waals surface area contributed by atoms with Crippen molar-refractivity contribution in [2.75, 3.05) is 53.4 Å². The van der Waals surface area contributed by atoms with Crippen LogP contribution in [0, 0.1) is 23.7 Å². The topological polar surface area (TPSA) is 131 Å². The number of carbonyl (C=O) groups excluding carboxylic acids is 1. The van der Waals surface area contributed by atoms with E-state index in [-0.39, 0.29) is 36.8 Å². The van der Waals surface area contributed by atoms with E-state index in [0.29, 0.717) is 82.4 Å². The number of allylic oxidation sites excluding steroid dienone is 4. The van der Waals surface area contributed by atoms with E-state index < -0.39 is 41.6 Å². The summed E-state index contributed by atoms with van der Waals surface area (Å²) in [5, 5.41) is 23.3. The second kappa shape index (κ2) is 17.9. The normalized spacial score (nSPS) is 41.6. The van der Waals surface area contributed by atoms with E-state index in [1.54, 1.807) is 26.2 Å². The maximum atomic E-state index is 14.2. The second-order valence-electron chi connectivity index (χ2n) is 15.5. The number of aliphatic hydroxyl groups is 2. The molecule has 2 bridgehead atoms. The molecule has 0 amide bonds. The van der Waals surface area contributed by atoms with Gasteiger partial charge in [-0.1, -0.05) is 58.1 Å². The summed E-state index contributed by atoms with van der Waals surface area (Å²) in [6, 6.07) is 0. The molecule has 3 saturated heterocycles. The molecule has 51 heavy (non-hydrogen) atoms. The molecular formula is C40H62O11. The summed E-state index contributed by atoms with van der Waals surface area (Å²) >= 11 is 0. The molecule has 1 spiro atoms. The zero-order chi connectivity index (χ0) is 36.8. The van der Waals surface area contributed by atoms with Crippen LogP contribution in [0.3, 0.4) is 0 Å². The van der Waals surface area contributed by atoms with Gasteiger partial charge in [-0.25, -0.2) is 0 Å². The minimum absolute atomic E-state index is 0.00105. The van der Waals surface area contributed by atoms with Crippen molar-refractivity contribution in [3.63, 3.8) is 0 Å². The van der Waals surface area contributed by atoms with E-state index in [9.17, 15) is 15.0 Å². The molecule has 5 rings (SSSR count). The zero-order valence-corrected chi connectivity index (χ0v) is 31.7. The van der Waals surface area contributed by atoms with E-state index >= 15 is 0 Å². The molecule has 11 atom stereocenters. The van der Waals surface area contributed by atoms with Crippen molar-refractivity contribution in [3.8, 4) is 0 Å². The van der Waals surface area contributed by atoms with Crippen molar-refractivity contribution >= 4 is 5.97 Å². The molecule has 11 heteroatoms. The lowest BCUT2D eigenvalue weighted by Gasteiger charge is -2.51. The van der Waals surface area contributed by atoms with Gasteiger partial charge in [0.1, 0.15) is 29.8 Å². The summed E-state index contributed by atoms with van der Waals surface area (Å²) < 4.78 is 48.9. The molecule has 1 aliphatic carbocycles. The molecule has 3 fully saturated rings. The minimum Gasteiger partial charge on any atom is -0.462 e. The summed E-state index contributed by atoms with van der Waals surface area (Å²) in [6.45, 7) is 15.4. The van der Waals surface area contributed by atoms with Crippen LogP contribution < -0.4 is 0 Å². The number of aliphatic hydroxyl groups excluding tert-OH is 1. The first-order chi connectivity index (χ1) is 24.4. The highest BCUT2D eigenvalue weighted by molar-refractivity contribution is 5.78. The Morgan fingerprint density at radius 3 is 2.41 bits per heavy atom. The molecular weight excluding hydrogens is 656 g/mol. The Morgan fingerprint density at radius 2 is 1.69 bits per heavy atom. The quantitative estimate of drug-likeness (QED) is 0.173. The van der Waals surface area contributed by atoms with Crippen molar-refractivity contribution in [1.82, 2.24) is 0 Å². The van der Waals surface area contributed by atoms with Gasteiger partial charge in [0.15, 0.2) is 5.79 Å². The maximum absolute atomic E-state index is 14.2. The van der Waals surface area contributed by atoms with Crippen LogP contribution in [-0.2, 0) is 42.7 Å². The van der Waals surface area contributed by atoms with Gasteiger partial charge in [-0.3, -0.25) is 4.79 Å².